The van der Waals surface area contributed by atoms with E-state index in [1.165, 1.54) is 0 Å². The molecule has 0 N–H and O–H groups in total. The maximum absolute atomic E-state index is 11.9. The summed E-state index contributed by atoms with van der Waals surface area (Å²) in [5.74, 6) is 0.0850. The van der Waals surface area contributed by atoms with Gasteiger partial charge in [-0.25, -0.2) is 4.79 Å². The highest BCUT2D eigenvalue weighted by atomic mass is 16.5. The highest BCUT2D eigenvalue weighted by Crippen LogP contribution is 2.21. The molecule has 0 amide bonds. The molecule has 0 aliphatic heterocycles. The zero-order valence-electron chi connectivity index (χ0n) is 12.3. The fraction of sp³-hybridized carbons (Fsp3) is 0. The summed E-state index contributed by atoms with van der Waals surface area (Å²) >= 11 is 0. The lowest BCUT2D eigenvalue weighted by Gasteiger charge is -2.04. The first-order chi connectivity index (χ1) is 11.3. The lowest BCUT2D eigenvalue weighted by atomic mass is 10.2. The van der Waals surface area contributed by atoms with Crippen molar-refractivity contribution < 1.29 is 9.53 Å². The third-order valence-corrected chi connectivity index (χ3v) is 3.09. The summed E-state index contributed by atoms with van der Waals surface area (Å²) in [4.78, 5) is 11.9. The van der Waals surface area contributed by atoms with Crippen LogP contribution < -0.4 is 4.74 Å². The molecule has 0 unspecified atom stereocenters. The maximum Gasteiger partial charge on any atom is 0.343 e. The predicted molar refractivity (Wildman–Crippen MR) is 88.5 cm³/mol. The predicted octanol–water partition coefficient (Wildman–Crippen LogP) is 5.32. The normalized spacial score (nSPS) is 10.6. The van der Waals surface area contributed by atoms with Crippen molar-refractivity contribution in [2.24, 2.45) is 10.2 Å². The third kappa shape index (κ3) is 4.11. The van der Waals surface area contributed by atoms with Crippen molar-refractivity contribution in [1.82, 2.24) is 0 Å². The largest absolute Gasteiger partial charge is 0.423 e. The van der Waals surface area contributed by atoms with Gasteiger partial charge in [0.2, 0.25) is 0 Å². The van der Waals surface area contributed by atoms with Gasteiger partial charge in [-0.05, 0) is 48.5 Å². The summed E-state index contributed by atoms with van der Waals surface area (Å²) in [6.45, 7) is 0. The van der Waals surface area contributed by atoms with E-state index < -0.39 is 0 Å². The van der Waals surface area contributed by atoms with Crippen LogP contribution in [-0.4, -0.2) is 5.97 Å². The zero-order chi connectivity index (χ0) is 15.9. The number of hydrogen-bond acceptors (Lipinski definition) is 4. The van der Waals surface area contributed by atoms with E-state index in [2.05, 4.69) is 10.2 Å². The van der Waals surface area contributed by atoms with Crippen molar-refractivity contribution in [2.45, 2.75) is 0 Å². The summed E-state index contributed by atoms with van der Waals surface area (Å²) < 4.78 is 5.31. The van der Waals surface area contributed by atoms with Gasteiger partial charge in [-0.1, -0.05) is 36.4 Å². The van der Waals surface area contributed by atoms with Gasteiger partial charge in [-0.2, -0.15) is 10.2 Å². The van der Waals surface area contributed by atoms with E-state index in [1.807, 2.05) is 36.4 Å². The minimum Gasteiger partial charge on any atom is -0.423 e. The monoisotopic (exact) mass is 302 g/mol. The average molecular weight is 302 g/mol. The number of nitrogens with zero attached hydrogens (tertiary/aromatic N) is 2. The lowest BCUT2D eigenvalue weighted by molar-refractivity contribution is 0.0735. The molecule has 3 rings (SSSR count). The Morgan fingerprint density at radius 1 is 0.652 bits per heavy atom. The summed E-state index contributed by atoms with van der Waals surface area (Å²) in [6, 6.07) is 25.2. The average Bonchev–Trinajstić information content (AvgIpc) is 2.63. The number of esters is 1. The molecule has 0 spiro atoms. The second kappa shape index (κ2) is 7.13. The molecule has 112 valence electrons. The number of benzene rings is 3. The van der Waals surface area contributed by atoms with Crippen LogP contribution in [0.25, 0.3) is 0 Å². The Hall–Kier alpha value is -3.27. The van der Waals surface area contributed by atoms with Gasteiger partial charge < -0.3 is 4.74 Å². The number of hydrogen-bond donors (Lipinski definition) is 0. The summed E-state index contributed by atoms with van der Waals surface area (Å²) in [6.07, 6.45) is 0. The van der Waals surface area contributed by atoms with Gasteiger partial charge >= 0.3 is 5.97 Å². The number of carbonyl (C=O) groups excluding carboxylic acids is 1. The molecule has 0 saturated carbocycles. The molecule has 3 aromatic rings. The molecule has 0 radical (unpaired) electrons. The van der Waals surface area contributed by atoms with Crippen molar-refractivity contribution in [3.05, 3.63) is 90.5 Å². The van der Waals surface area contributed by atoms with Gasteiger partial charge in [0.25, 0.3) is 0 Å². The topological polar surface area (TPSA) is 51.0 Å². The Kier molecular flexibility index (Phi) is 4.55. The van der Waals surface area contributed by atoms with Crippen LogP contribution in [0.2, 0.25) is 0 Å². The van der Waals surface area contributed by atoms with E-state index in [0.29, 0.717) is 17.0 Å². The van der Waals surface area contributed by atoms with Crippen LogP contribution in [0.1, 0.15) is 10.4 Å². The molecule has 23 heavy (non-hydrogen) atoms. The summed E-state index contributed by atoms with van der Waals surface area (Å²) in [7, 11) is 0. The molecule has 0 heterocycles. The highest BCUT2D eigenvalue weighted by Gasteiger charge is 2.07. The minimum absolute atomic E-state index is 0.385. The fourth-order valence-corrected chi connectivity index (χ4v) is 1.93. The number of ether oxygens (including phenoxy) is 1. The Labute approximate surface area is 134 Å². The van der Waals surface area contributed by atoms with Crippen LogP contribution >= 0.6 is 0 Å². The SMILES string of the molecule is O=C(Oc1ccc(N=Nc2ccccc2)cc1)c1ccccc1. The Balaban J connectivity index is 1.65. The molecular weight excluding hydrogens is 288 g/mol. The molecule has 0 aliphatic rings. The molecule has 0 fully saturated rings. The molecule has 4 nitrogen and oxygen atoms in total. The fourth-order valence-electron chi connectivity index (χ4n) is 1.93. The van der Waals surface area contributed by atoms with Gasteiger partial charge in [0.1, 0.15) is 5.75 Å². The molecule has 0 atom stereocenters. The third-order valence-electron chi connectivity index (χ3n) is 3.09. The number of azo groups is 1. The van der Waals surface area contributed by atoms with Crippen LogP contribution in [0.5, 0.6) is 5.75 Å². The van der Waals surface area contributed by atoms with Gasteiger partial charge in [0.05, 0.1) is 16.9 Å². The summed E-state index contributed by atoms with van der Waals surface area (Å²) in [5, 5.41) is 8.27. The van der Waals surface area contributed by atoms with Crippen LogP contribution in [0.4, 0.5) is 11.4 Å². The van der Waals surface area contributed by atoms with Crippen molar-refractivity contribution in [3.8, 4) is 5.75 Å². The molecule has 0 saturated heterocycles. The highest BCUT2D eigenvalue weighted by molar-refractivity contribution is 5.90. The quantitative estimate of drug-likeness (QED) is 0.372. The van der Waals surface area contributed by atoms with Crippen molar-refractivity contribution in [2.75, 3.05) is 0 Å². The first-order valence-electron chi connectivity index (χ1n) is 7.15. The van der Waals surface area contributed by atoms with E-state index >= 15 is 0 Å². The van der Waals surface area contributed by atoms with E-state index in [0.717, 1.165) is 5.69 Å². The van der Waals surface area contributed by atoms with Crippen LogP contribution in [0.3, 0.4) is 0 Å². The molecule has 3 aromatic carbocycles. The number of rotatable bonds is 4. The van der Waals surface area contributed by atoms with Gasteiger partial charge in [0, 0.05) is 0 Å². The van der Waals surface area contributed by atoms with E-state index in [9.17, 15) is 4.79 Å². The number of carbonyl (C=O) groups is 1. The molecule has 0 aromatic heterocycles. The second-order valence-corrected chi connectivity index (χ2v) is 4.78. The molecule has 4 heteroatoms. The van der Waals surface area contributed by atoms with Gasteiger partial charge in [-0.3, -0.25) is 0 Å². The van der Waals surface area contributed by atoms with Crippen LogP contribution in [-0.2, 0) is 0 Å². The first-order valence-corrected chi connectivity index (χ1v) is 7.15. The van der Waals surface area contributed by atoms with Gasteiger partial charge in [-0.15, -0.1) is 0 Å². The first kappa shape index (κ1) is 14.7. The molecule has 0 bridgehead atoms. The Morgan fingerprint density at radius 3 is 1.78 bits per heavy atom. The molecule has 0 aliphatic carbocycles. The Morgan fingerprint density at radius 2 is 1.17 bits per heavy atom. The standard InChI is InChI=1S/C19H14N2O2/c22-19(15-7-3-1-4-8-15)23-18-13-11-17(12-14-18)21-20-16-9-5-2-6-10-16/h1-14H. The van der Waals surface area contributed by atoms with Crippen LogP contribution in [0, 0.1) is 0 Å². The van der Waals surface area contributed by atoms with E-state index in [1.54, 1.807) is 48.5 Å². The van der Waals surface area contributed by atoms with E-state index in [-0.39, 0.29) is 5.97 Å². The summed E-state index contributed by atoms with van der Waals surface area (Å²) in [5.41, 5.74) is 1.99. The van der Waals surface area contributed by atoms with Gasteiger partial charge in [0.15, 0.2) is 0 Å². The molecular formula is C19H14N2O2. The Bertz CT molecular complexity index is 798. The van der Waals surface area contributed by atoms with Crippen molar-refractivity contribution in [1.29, 1.82) is 0 Å². The smallest absolute Gasteiger partial charge is 0.343 e. The second-order valence-electron chi connectivity index (χ2n) is 4.78. The minimum atomic E-state index is -0.385. The van der Waals surface area contributed by atoms with E-state index in [4.69, 9.17) is 4.74 Å². The van der Waals surface area contributed by atoms with Crippen LogP contribution in [0.15, 0.2) is 95.2 Å². The van der Waals surface area contributed by atoms with Crippen molar-refractivity contribution >= 4 is 17.3 Å². The zero-order valence-corrected chi connectivity index (χ0v) is 12.3. The van der Waals surface area contributed by atoms with Crippen molar-refractivity contribution in [3.63, 3.8) is 0 Å². The maximum atomic E-state index is 11.9. The lowest BCUT2D eigenvalue weighted by Crippen LogP contribution is -2.07.